The molecular weight excluding hydrogens is 362 g/mol. The van der Waals surface area contributed by atoms with Crippen LogP contribution < -0.4 is 5.73 Å². The number of aliphatic carboxylic acids is 2. The van der Waals surface area contributed by atoms with Gasteiger partial charge in [0, 0.05) is 12.8 Å². The minimum absolute atomic E-state index is 0.140. The number of carboxylic acids is 2. The molecule has 0 fully saturated rings. The minimum Gasteiger partial charge on any atom is -0.481 e. The van der Waals surface area contributed by atoms with E-state index in [-0.39, 0.29) is 19.4 Å². The molecule has 1 aromatic carbocycles. The first-order valence-corrected chi connectivity index (χ1v) is 9.80. The Morgan fingerprint density at radius 3 is 2.07 bits per heavy atom. The Bertz CT molecular complexity index is 658. The van der Waals surface area contributed by atoms with E-state index in [1.165, 1.54) is 0 Å². The normalized spacial score (nSPS) is 11.8. The Balaban J connectivity index is 2.78. The van der Waals surface area contributed by atoms with Crippen LogP contribution in [0.25, 0.3) is 0 Å². The lowest BCUT2D eigenvalue weighted by Crippen LogP contribution is -2.34. The summed E-state index contributed by atoms with van der Waals surface area (Å²) in [6.07, 6.45) is 4.92. The number of benzene rings is 1. The SMILES string of the molecule is CCOC(=O)[C@@H](N)Cc1ccc(CCCCC(=O)O)c(CCCCC(=O)O)c1. The van der Waals surface area contributed by atoms with Crippen molar-refractivity contribution in [3.8, 4) is 0 Å². The van der Waals surface area contributed by atoms with E-state index < -0.39 is 23.9 Å². The predicted octanol–water partition coefficient (Wildman–Crippen LogP) is 2.71. The third-order valence-corrected chi connectivity index (χ3v) is 4.49. The maximum Gasteiger partial charge on any atom is 0.323 e. The molecule has 4 N–H and O–H groups in total. The molecule has 0 aliphatic heterocycles. The fraction of sp³-hybridized carbons (Fsp3) is 0.571. The molecule has 0 aliphatic carbocycles. The molecule has 0 aliphatic rings. The highest BCUT2D eigenvalue weighted by Crippen LogP contribution is 2.19. The Morgan fingerprint density at radius 2 is 1.54 bits per heavy atom. The molecule has 0 bridgehead atoms. The number of nitrogens with two attached hydrogens (primary N) is 1. The van der Waals surface area contributed by atoms with Crippen LogP contribution in [0.5, 0.6) is 0 Å². The number of ether oxygens (including phenoxy) is 1. The molecule has 1 atom stereocenters. The molecule has 7 heteroatoms. The summed E-state index contributed by atoms with van der Waals surface area (Å²) >= 11 is 0. The van der Waals surface area contributed by atoms with Crippen molar-refractivity contribution in [3.05, 3.63) is 34.9 Å². The molecule has 0 unspecified atom stereocenters. The molecular formula is C21H31NO6. The summed E-state index contributed by atoms with van der Waals surface area (Å²) in [5.74, 6) is -2.02. The number of carboxylic acid groups (broad SMARTS) is 2. The summed E-state index contributed by atoms with van der Waals surface area (Å²) in [6, 6.07) is 5.24. The predicted molar refractivity (Wildman–Crippen MR) is 105 cm³/mol. The van der Waals surface area contributed by atoms with E-state index in [4.69, 9.17) is 20.7 Å². The van der Waals surface area contributed by atoms with Gasteiger partial charge in [-0.1, -0.05) is 18.2 Å². The lowest BCUT2D eigenvalue weighted by atomic mass is 9.93. The van der Waals surface area contributed by atoms with Crippen molar-refractivity contribution in [2.75, 3.05) is 6.61 Å². The lowest BCUT2D eigenvalue weighted by molar-refractivity contribution is -0.144. The fourth-order valence-corrected chi connectivity index (χ4v) is 3.05. The molecule has 0 radical (unpaired) electrons. The third-order valence-electron chi connectivity index (χ3n) is 4.49. The molecule has 0 aromatic heterocycles. The molecule has 7 nitrogen and oxygen atoms in total. The molecule has 156 valence electrons. The first-order chi connectivity index (χ1) is 13.3. The Morgan fingerprint density at radius 1 is 0.964 bits per heavy atom. The Kier molecular flexibility index (Phi) is 10.9. The van der Waals surface area contributed by atoms with Crippen LogP contribution in [0.4, 0.5) is 0 Å². The summed E-state index contributed by atoms with van der Waals surface area (Å²) < 4.78 is 4.95. The summed E-state index contributed by atoms with van der Waals surface area (Å²) in [5, 5.41) is 17.5. The number of esters is 1. The van der Waals surface area contributed by atoms with Gasteiger partial charge in [-0.15, -0.1) is 0 Å². The van der Waals surface area contributed by atoms with Gasteiger partial charge in [0.1, 0.15) is 6.04 Å². The summed E-state index contributed by atoms with van der Waals surface area (Å²) in [5.41, 5.74) is 9.08. The first kappa shape index (κ1) is 23.6. The highest BCUT2D eigenvalue weighted by Gasteiger charge is 2.16. The zero-order valence-electron chi connectivity index (χ0n) is 16.5. The van der Waals surface area contributed by atoms with E-state index >= 15 is 0 Å². The van der Waals surface area contributed by atoms with Crippen molar-refractivity contribution in [2.24, 2.45) is 5.73 Å². The van der Waals surface area contributed by atoms with Crippen LogP contribution in [-0.2, 0) is 38.4 Å². The number of carbonyl (C=O) groups excluding carboxylic acids is 1. The monoisotopic (exact) mass is 393 g/mol. The Hall–Kier alpha value is -2.41. The minimum atomic E-state index is -0.803. The van der Waals surface area contributed by atoms with Crippen molar-refractivity contribution >= 4 is 17.9 Å². The molecule has 28 heavy (non-hydrogen) atoms. The number of carbonyl (C=O) groups is 3. The van der Waals surface area contributed by atoms with Crippen molar-refractivity contribution < 1.29 is 29.3 Å². The van der Waals surface area contributed by atoms with Crippen LogP contribution in [0.1, 0.15) is 62.1 Å². The molecule has 1 rings (SSSR count). The lowest BCUT2D eigenvalue weighted by Gasteiger charge is -2.14. The smallest absolute Gasteiger partial charge is 0.323 e. The van der Waals surface area contributed by atoms with Gasteiger partial charge < -0.3 is 20.7 Å². The number of rotatable bonds is 14. The standard InChI is InChI=1S/C21H31NO6/c1-2-28-21(27)18(22)14-15-11-12-16(7-3-5-9-19(23)24)17(13-15)8-4-6-10-20(25)26/h11-13,18H,2-10,14,22H2,1H3,(H,23,24)(H,25,26)/t18-/m0/s1. The van der Waals surface area contributed by atoms with Gasteiger partial charge in [0.05, 0.1) is 6.61 Å². The number of hydrogen-bond donors (Lipinski definition) is 3. The highest BCUT2D eigenvalue weighted by molar-refractivity contribution is 5.75. The first-order valence-electron chi connectivity index (χ1n) is 9.80. The van der Waals surface area contributed by atoms with Crippen molar-refractivity contribution in [1.29, 1.82) is 0 Å². The van der Waals surface area contributed by atoms with Gasteiger partial charge in [0.15, 0.2) is 0 Å². The van der Waals surface area contributed by atoms with Gasteiger partial charge in [-0.05, 0) is 68.6 Å². The number of aryl methyl sites for hydroxylation is 2. The van der Waals surface area contributed by atoms with Crippen LogP contribution >= 0.6 is 0 Å². The van der Waals surface area contributed by atoms with E-state index in [2.05, 4.69) is 0 Å². The zero-order chi connectivity index (χ0) is 20.9. The maximum absolute atomic E-state index is 11.8. The number of hydrogen-bond acceptors (Lipinski definition) is 5. The topological polar surface area (TPSA) is 127 Å². The maximum atomic E-state index is 11.8. The summed E-state index contributed by atoms with van der Waals surface area (Å²) in [6.45, 7) is 2.02. The second-order valence-electron chi connectivity index (χ2n) is 6.87. The van der Waals surface area contributed by atoms with E-state index in [1.54, 1.807) is 6.92 Å². The Labute approximate surface area is 165 Å². The molecule has 0 spiro atoms. The average Bonchev–Trinajstić information content (AvgIpc) is 2.63. The van der Waals surface area contributed by atoms with Gasteiger partial charge in [-0.3, -0.25) is 14.4 Å². The van der Waals surface area contributed by atoms with Gasteiger partial charge >= 0.3 is 17.9 Å². The van der Waals surface area contributed by atoms with Gasteiger partial charge in [0.2, 0.25) is 0 Å². The molecule has 0 saturated heterocycles. The highest BCUT2D eigenvalue weighted by atomic mass is 16.5. The average molecular weight is 393 g/mol. The summed E-state index contributed by atoms with van der Waals surface area (Å²) in [4.78, 5) is 33.1. The van der Waals surface area contributed by atoms with Gasteiger partial charge in [0.25, 0.3) is 0 Å². The quantitative estimate of drug-likeness (QED) is 0.327. The van der Waals surface area contributed by atoms with E-state index in [1.807, 2.05) is 18.2 Å². The van der Waals surface area contributed by atoms with Crippen LogP contribution in [0, 0.1) is 0 Å². The fourth-order valence-electron chi connectivity index (χ4n) is 3.05. The van der Waals surface area contributed by atoms with Crippen LogP contribution in [0.15, 0.2) is 18.2 Å². The second kappa shape index (κ2) is 12.9. The molecule has 0 saturated carbocycles. The van der Waals surface area contributed by atoms with Gasteiger partial charge in [-0.2, -0.15) is 0 Å². The van der Waals surface area contributed by atoms with Gasteiger partial charge in [-0.25, -0.2) is 0 Å². The number of unbranched alkanes of at least 4 members (excludes halogenated alkanes) is 2. The van der Waals surface area contributed by atoms with E-state index in [0.29, 0.717) is 19.3 Å². The van der Waals surface area contributed by atoms with Crippen molar-refractivity contribution in [2.45, 2.75) is 70.8 Å². The van der Waals surface area contributed by atoms with E-state index in [9.17, 15) is 14.4 Å². The zero-order valence-corrected chi connectivity index (χ0v) is 16.5. The summed E-state index contributed by atoms with van der Waals surface area (Å²) in [7, 11) is 0. The van der Waals surface area contributed by atoms with E-state index in [0.717, 1.165) is 42.4 Å². The largest absolute Gasteiger partial charge is 0.481 e. The molecule has 0 heterocycles. The third kappa shape index (κ3) is 9.50. The van der Waals surface area contributed by atoms with Crippen LogP contribution in [-0.4, -0.2) is 40.8 Å². The van der Waals surface area contributed by atoms with Crippen LogP contribution in [0.3, 0.4) is 0 Å². The van der Waals surface area contributed by atoms with Crippen LogP contribution in [0.2, 0.25) is 0 Å². The second-order valence-corrected chi connectivity index (χ2v) is 6.87. The van der Waals surface area contributed by atoms with Crippen molar-refractivity contribution in [3.63, 3.8) is 0 Å². The molecule has 1 aromatic rings. The molecule has 0 amide bonds. The van der Waals surface area contributed by atoms with Crippen molar-refractivity contribution in [1.82, 2.24) is 0 Å².